The zero-order valence-electron chi connectivity index (χ0n) is 25.5. The molecule has 0 aliphatic rings. The SMILES string of the molecule is CCCCC/C=C\CCCCCC(O)CC(=O)NC(CO)C(O)/C=C/CC/C=C/CCCCCCCCCC. The van der Waals surface area contributed by atoms with Crippen molar-refractivity contribution in [1.82, 2.24) is 5.32 Å². The van der Waals surface area contributed by atoms with Crippen LogP contribution in [0, 0.1) is 0 Å². The molecule has 0 bridgehead atoms. The number of hydrogen-bond donors (Lipinski definition) is 4. The Labute approximate surface area is 241 Å². The second-order valence-corrected chi connectivity index (χ2v) is 11.1. The van der Waals surface area contributed by atoms with Gasteiger partial charge in [-0.3, -0.25) is 4.79 Å². The van der Waals surface area contributed by atoms with E-state index in [2.05, 4.69) is 43.5 Å². The number of hydrogen-bond acceptors (Lipinski definition) is 4. The molecule has 0 aliphatic heterocycles. The molecule has 39 heavy (non-hydrogen) atoms. The minimum absolute atomic E-state index is 0.00603. The Balaban J connectivity index is 3.88. The van der Waals surface area contributed by atoms with Crippen LogP contribution < -0.4 is 5.32 Å². The van der Waals surface area contributed by atoms with Crippen molar-refractivity contribution in [2.24, 2.45) is 0 Å². The Morgan fingerprint density at radius 2 is 1.10 bits per heavy atom. The maximum Gasteiger partial charge on any atom is 0.222 e. The van der Waals surface area contributed by atoms with Gasteiger partial charge in [0.25, 0.3) is 0 Å². The van der Waals surface area contributed by atoms with Gasteiger partial charge in [-0.05, 0) is 57.8 Å². The molecule has 3 unspecified atom stereocenters. The van der Waals surface area contributed by atoms with Gasteiger partial charge in [-0.2, -0.15) is 0 Å². The summed E-state index contributed by atoms with van der Waals surface area (Å²) in [6, 6.07) is -0.762. The maximum absolute atomic E-state index is 12.3. The molecule has 0 rings (SSSR count). The number of unbranched alkanes of at least 4 members (excludes halogenated alkanes) is 15. The molecule has 0 radical (unpaired) electrons. The van der Waals surface area contributed by atoms with E-state index in [0.29, 0.717) is 6.42 Å². The van der Waals surface area contributed by atoms with Gasteiger partial charge >= 0.3 is 0 Å². The number of nitrogens with one attached hydrogen (secondary N) is 1. The summed E-state index contributed by atoms with van der Waals surface area (Å²) >= 11 is 0. The molecule has 0 saturated carbocycles. The van der Waals surface area contributed by atoms with Crippen molar-refractivity contribution in [3.05, 3.63) is 36.5 Å². The molecule has 0 aliphatic carbocycles. The molecule has 0 spiro atoms. The van der Waals surface area contributed by atoms with Crippen molar-refractivity contribution in [1.29, 1.82) is 0 Å². The van der Waals surface area contributed by atoms with Crippen molar-refractivity contribution < 1.29 is 20.1 Å². The molecule has 0 aromatic rings. The predicted molar refractivity (Wildman–Crippen MR) is 167 cm³/mol. The van der Waals surface area contributed by atoms with E-state index in [9.17, 15) is 20.1 Å². The lowest BCUT2D eigenvalue weighted by molar-refractivity contribution is -0.124. The minimum Gasteiger partial charge on any atom is -0.394 e. The van der Waals surface area contributed by atoms with Crippen LogP contribution in [0.15, 0.2) is 36.5 Å². The van der Waals surface area contributed by atoms with Crippen LogP contribution in [0.2, 0.25) is 0 Å². The monoisotopic (exact) mass is 549 g/mol. The summed E-state index contributed by atoms with van der Waals surface area (Å²) in [6.07, 6.45) is 34.1. The highest BCUT2D eigenvalue weighted by atomic mass is 16.3. The Kier molecular flexibility index (Phi) is 28.5. The average molecular weight is 550 g/mol. The molecule has 4 N–H and O–H groups in total. The lowest BCUT2D eigenvalue weighted by Crippen LogP contribution is -2.45. The second-order valence-electron chi connectivity index (χ2n) is 11.1. The van der Waals surface area contributed by atoms with Crippen molar-refractivity contribution in [3.63, 3.8) is 0 Å². The molecule has 3 atom stereocenters. The number of carbonyl (C=O) groups is 1. The van der Waals surface area contributed by atoms with Crippen molar-refractivity contribution >= 4 is 5.91 Å². The van der Waals surface area contributed by atoms with Gasteiger partial charge in [-0.1, -0.05) is 121 Å². The topological polar surface area (TPSA) is 89.8 Å². The Bertz CT molecular complexity index is 616. The molecule has 1 amide bonds. The van der Waals surface area contributed by atoms with E-state index in [1.807, 2.05) is 6.08 Å². The first-order chi connectivity index (χ1) is 19.0. The van der Waals surface area contributed by atoms with Crippen LogP contribution >= 0.6 is 0 Å². The Morgan fingerprint density at radius 3 is 1.69 bits per heavy atom. The summed E-state index contributed by atoms with van der Waals surface area (Å²) in [6.45, 7) is 4.12. The van der Waals surface area contributed by atoms with Crippen LogP contribution in [0.5, 0.6) is 0 Å². The molecule has 0 heterocycles. The third kappa shape index (κ3) is 26.6. The number of amides is 1. The van der Waals surface area contributed by atoms with E-state index < -0.39 is 18.2 Å². The first-order valence-corrected chi connectivity index (χ1v) is 16.3. The summed E-state index contributed by atoms with van der Waals surface area (Å²) in [7, 11) is 0. The van der Waals surface area contributed by atoms with Gasteiger partial charge < -0.3 is 20.6 Å². The van der Waals surface area contributed by atoms with Gasteiger partial charge in [0.2, 0.25) is 5.91 Å². The summed E-state index contributed by atoms with van der Waals surface area (Å²) < 4.78 is 0. The number of allylic oxidation sites excluding steroid dienone is 5. The highest BCUT2D eigenvalue weighted by Gasteiger charge is 2.19. The van der Waals surface area contributed by atoms with E-state index in [-0.39, 0.29) is 18.9 Å². The fourth-order valence-corrected chi connectivity index (χ4v) is 4.58. The quantitative estimate of drug-likeness (QED) is 0.0586. The van der Waals surface area contributed by atoms with Crippen LogP contribution in [-0.2, 0) is 4.79 Å². The molecule has 228 valence electrons. The third-order valence-corrected chi connectivity index (χ3v) is 7.15. The van der Waals surface area contributed by atoms with E-state index in [4.69, 9.17) is 0 Å². The number of carbonyl (C=O) groups excluding carboxylic acids is 1. The summed E-state index contributed by atoms with van der Waals surface area (Å²) in [4.78, 5) is 12.3. The molecular formula is C34H63NO4. The molecule has 0 saturated heterocycles. The number of aliphatic hydroxyl groups excluding tert-OH is 3. The zero-order valence-corrected chi connectivity index (χ0v) is 25.5. The molecule has 5 heteroatoms. The van der Waals surface area contributed by atoms with Gasteiger partial charge in [-0.15, -0.1) is 0 Å². The predicted octanol–water partition coefficient (Wildman–Crippen LogP) is 8.09. The van der Waals surface area contributed by atoms with Gasteiger partial charge in [0.15, 0.2) is 0 Å². The van der Waals surface area contributed by atoms with Crippen LogP contribution in [0.3, 0.4) is 0 Å². The zero-order chi connectivity index (χ0) is 28.8. The normalized spacial score (nSPS) is 14.5. The van der Waals surface area contributed by atoms with E-state index in [0.717, 1.165) is 51.4 Å². The molecular weight excluding hydrogens is 486 g/mol. The van der Waals surface area contributed by atoms with E-state index in [1.165, 1.54) is 70.6 Å². The maximum atomic E-state index is 12.3. The average Bonchev–Trinajstić information content (AvgIpc) is 2.92. The summed E-state index contributed by atoms with van der Waals surface area (Å²) in [5, 5.41) is 32.8. The first-order valence-electron chi connectivity index (χ1n) is 16.3. The van der Waals surface area contributed by atoms with Crippen molar-refractivity contribution in [2.45, 2.75) is 167 Å². The fraction of sp³-hybridized carbons (Fsp3) is 0.794. The van der Waals surface area contributed by atoms with Crippen molar-refractivity contribution in [3.8, 4) is 0 Å². The van der Waals surface area contributed by atoms with E-state index >= 15 is 0 Å². The fourth-order valence-electron chi connectivity index (χ4n) is 4.58. The lowest BCUT2D eigenvalue weighted by atomic mass is 10.1. The smallest absolute Gasteiger partial charge is 0.222 e. The van der Waals surface area contributed by atoms with Crippen LogP contribution in [0.25, 0.3) is 0 Å². The largest absolute Gasteiger partial charge is 0.394 e. The Morgan fingerprint density at radius 1 is 0.641 bits per heavy atom. The number of rotatable bonds is 28. The van der Waals surface area contributed by atoms with Gasteiger partial charge in [-0.25, -0.2) is 0 Å². The highest BCUT2D eigenvalue weighted by Crippen LogP contribution is 2.11. The van der Waals surface area contributed by atoms with Crippen molar-refractivity contribution in [2.75, 3.05) is 6.61 Å². The molecule has 0 aromatic heterocycles. The standard InChI is InChI=1S/C34H63NO4/c1-3-5-7-9-11-13-15-16-17-18-20-22-24-26-28-33(38)32(30-36)35-34(39)29-31(37)27-25-23-21-19-14-12-10-8-6-4-2/h12,14,18,20,26,28,31-33,36-38H,3-11,13,15-17,19,21-25,27,29-30H2,1-2H3,(H,35,39)/b14-12-,20-18+,28-26+. The highest BCUT2D eigenvalue weighted by molar-refractivity contribution is 5.76. The third-order valence-electron chi connectivity index (χ3n) is 7.15. The summed E-state index contributed by atoms with van der Waals surface area (Å²) in [5.41, 5.74) is 0. The summed E-state index contributed by atoms with van der Waals surface area (Å²) in [5.74, 6) is -0.340. The van der Waals surface area contributed by atoms with Gasteiger partial charge in [0.05, 0.1) is 31.3 Å². The van der Waals surface area contributed by atoms with Gasteiger partial charge in [0.1, 0.15) is 0 Å². The Hall–Kier alpha value is -1.43. The van der Waals surface area contributed by atoms with Crippen LogP contribution in [0.1, 0.15) is 149 Å². The van der Waals surface area contributed by atoms with E-state index in [1.54, 1.807) is 6.08 Å². The lowest BCUT2D eigenvalue weighted by Gasteiger charge is -2.20. The molecule has 5 nitrogen and oxygen atoms in total. The number of aliphatic hydroxyl groups is 3. The minimum atomic E-state index is -0.951. The van der Waals surface area contributed by atoms with Gasteiger partial charge in [0, 0.05) is 0 Å². The first kappa shape index (κ1) is 37.6. The molecule has 0 fully saturated rings. The second kappa shape index (κ2) is 29.6. The van der Waals surface area contributed by atoms with Crippen LogP contribution in [-0.4, -0.2) is 46.1 Å². The van der Waals surface area contributed by atoms with Crippen LogP contribution in [0.4, 0.5) is 0 Å². The molecule has 0 aromatic carbocycles.